The van der Waals surface area contributed by atoms with Gasteiger partial charge in [0, 0.05) is 24.0 Å². The summed E-state index contributed by atoms with van der Waals surface area (Å²) in [7, 11) is 0. The Balaban J connectivity index is 1.40. The maximum atomic E-state index is 12.8. The summed E-state index contributed by atoms with van der Waals surface area (Å²) in [6.45, 7) is 1.54. The lowest BCUT2D eigenvalue weighted by Gasteiger charge is -2.17. The van der Waals surface area contributed by atoms with Gasteiger partial charge in [0.2, 0.25) is 6.79 Å². The van der Waals surface area contributed by atoms with Gasteiger partial charge in [0.15, 0.2) is 17.5 Å². The number of hydrogen-bond donors (Lipinski definition) is 4. The van der Waals surface area contributed by atoms with Crippen LogP contribution in [0.5, 0.6) is 11.5 Å². The Labute approximate surface area is 193 Å². The van der Waals surface area contributed by atoms with Crippen molar-refractivity contribution in [2.24, 2.45) is 4.99 Å². The number of carboxylic acids is 1. The fourth-order valence-corrected chi connectivity index (χ4v) is 4.10. The molecule has 0 saturated carbocycles. The molecule has 33 heavy (non-hydrogen) atoms. The first-order valence-corrected chi connectivity index (χ1v) is 11.1. The lowest BCUT2D eigenvalue weighted by Crippen LogP contribution is -2.43. The molecule has 1 atom stereocenters. The zero-order valence-corrected chi connectivity index (χ0v) is 18.3. The number of carboxylic acid groups (broad SMARTS) is 1. The van der Waals surface area contributed by atoms with E-state index in [1.54, 1.807) is 36.4 Å². The summed E-state index contributed by atoms with van der Waals surface area (Å²) in [6.07, 6.45) is 3.61. The van der Waals surface area contributed by atoms with Gasteiger partial charge in [-0.3, -0.25) is 24.7 Å². The molecule has 10 nitrogen and oxygen atoms in total. The molecule has 0 fully saturated rings. The Bertz CT molecular complexity index is 1130. The van der Waals surface area contributed by atoms with E-state index in [-0.39, 0.29) is 19.1 Å². The number of thiophene rings is 1. The molecule has 0 aliphatic carbocycles. The van der Waals surface area contributed by atoms with Crippen LogP contribution in [0, 0.1) is 0 Å². The second-order valence-electron chi connectivity index (χ2n) is 7.27. The van der Waals surface area contributed by atoms with Crippen molar-refractivity contribution < 1.29 is 29.0 Å². The minimum Gasteiger partial charge on any atom is -0.481 e. The second-order valence-corrected chi connectivity index (χ2v) is 8.39. The van der Waals surface area contributed by atoms with E-state index >= 15 is 0 Å². The highest BCUT2D eigenvalue weighted by Gasteiger charge is 2.23. The van der Waals surface area contributed by atoms with Gasteiger partial charge in [-0.2, -0.15) is 0 Å². The van der Waals surface area contributed by atoms with Crippen LogP contribution in [-0.4, -0.2) is 48.7 Å². The summed E-state index contributed by atoms with van der Waals surface area (Å²) in [6, 6.07) is 7.65. The number of amides is 2. The molecule has 1 aromatic heterocycles. The number of rotatable bonds is 7. The quantitative estimate of drug-likeness (QED) is 0.454. The van der Waals surface area contributed by atoms with Crippen molar-refractivity contribution >= 4 is 41.2 Å². The van der Waals surface area contributed by atoms with Gasteiger partial charge in [-0.15, -0.1) is 11.3 Å². The van der Waals surface area contributed by atoms with E-state index in [0.717, 1.165) is 13.0 Å². The largest absolute Gasteiger partial charge is 0.481 e. The van der Waals surface area contributed by atoms with E-state index in [1.807, 2.05) is 0 Å². The van der Waals surface area contributed by atoms with E-state index < -0.39 is 17.9 Å². The zero-order chi connectivity index (χ0) is 23.2. The van der Waals surface area contributed by atoms with Crippen molar-refractivity contribution in [1.82, 2.24) is 16.0 Å². The Morgan fingerprint density at radius 2 is 2.06 bits per heavy atom. The highest BCUT2D eigenvalue weighted by Crippen LogP contribution is 2.35. The minimum atomic E-state index is -1.05. The maximum absolute atomic E-state index is 12.8. The fraction of sp³-hybridized carbons (Fsp3) is 0.273. The average Bonchev–Trinajstić information content (AvgIpc) is 3.46. The van der Waals surface area contributed by atoms with Crippen LogP contribution in [0.3, 0.4) is 0 Å². The molecule has 4 N–H and O–H groups in total. The van der Waals surface area contributed by atoms with Crippen LogP contribution < -0.4 is 25.4 Å². The number of benzene rings is 1. The standard InChI is InChI=1S/C22H22N4O6S/c27-19(26-22-23-8-1-9-24-22)7-4-14-3-6-18(33-14)21(30)25-15(11-20(28)29)13-2-5-16-17(10-13)32-12-31-16/h2-7,10,15H,1,8-9,11-12H2,(H,25,30)(H,28,29)(H2,23,24,26,27)/b7-4+/t15-/m0/s1. The first kappa shape index (κ1) is 22.3. The van der Waals surface area contributed by atoms with Gasteiger partial charge in [-0.05, 0) is 42.3 Å². The monoisotopic (exact) mass is 470 g/mol. The molecule has 2 aromatic rings. The Kier molecular flexibility index (Phi) is 6.89. The second kappa shape index (κ2) is 10.2. The van der Waals surface area contributed by atoms with Gasteiger partial charge >= 0.3 is 5.97 Å². The van der Waals surface area contributed by atoms with Crippen LogP contribution >= 0.6 is 11.3 Å². The number of fused-ring (bicyclic) bond motifs is 1. The zero-order valence-electron chi connectivity index (χ0n) is 17.5. The molecule has 2 amide bonds. The van der Waals surface area contributed by atoms with Crippen molar-refractivity contribution in [3.63, 3.8) is 0 Å². The summed E-state index contributed by atoms with van der Waals surface area (Å²) < 4.78 is 10.6. The maximum Gasteiger partial charge on any atom is 0.305 e. The molecule has 0 saturated heterocycles. The summed E-state index contributed by atoms with van der Waals surface area (Å²) in [5, 5.41) is 17.7. The topological polar surface area (TPSA) is 138 Å². The summed E-state index contributed by atoms with van der Waals surface area (Å²) in [5.41, 5.74) is 0.600. The molecule has 3 heterocycles. The molecule has 172 valence electrons. The number of aliphatic imine (C=N–C) groups is 1. The first-order chi connectivity index (χ1) is 16.0. The van der Waals surface area contributed by atoms with Gasteiger partial charge in [-0.1, -0.05) is 6.07 Å². The summed E-state index contributed by atoms with van der Waals surface area (Å²) in [4.78, 5) is 41.5. The molecule has 2 aliphatic heterocycles. The molecule has 2 aliphatic rings. The van der Waals surface area contributed by atoms with Gasteiger partial charge in [0.25, 0.3) is 11.8 Å². The van der Waals surface area contributed by atoms with Crippen LogP contribution in [0.4, 0.5) is 0 Å². The van der Waals surface area contributed by atoms with Crippen LogP contribution in [-0.2, 0) is 9.59 Å². The molecule has 0 bridgehead atoms. The van der Waals surface area contributed by atoms with E-state index in [1.165, 1.54) is 17.4 Å². The molecule has 4 rings (SSSR count). The number of nitrogens with one attached hydrogen (secondary N) is 3. The van der Waals surface area contributed by atoms with E-state index in [9.17, 15) is 19.5 Å². The number of carbonyl (C=O) groups is 3. The van der Waals surface area contributed by atoms with Crippen molar-refractivity contribution in [1.29, 1.82) is 0 Å². The predicted molar refractivity (Wildman–Crippen MR) is 121 cm³/mol. The lowest BCUT2D eigenvalue weighted by molar-refractivity contribution is -0.137. The Hall–Kier alpha value is -3.86. The number of hydrogen-bond acceptors (Lipinski definition) is 8. The molecular formula is C22H22N4O6S. The van der Waals surface area contributed by atoms with Crippen molar-refractivity contribution in [2.45, 2.75) is 18.9 Å². The normalized spacial score (nSPS) is 15.5. The Morgan fingerprint density at radius 1 is 1.21 bits per heavy atom. The number of carbonyl (C=O) groups excluding carboxylic acids is 2. The van der Waals surface area contributed by atoms with Crippen molar-refractivity contribution in [3.05, 3.63) is 51.7 Å². The molecule has 1 aromatic carbocycles. The van der Waals surface area contributed by atoms with Crippen molar-refractivity contribution in [3.8, 4) is 11.5 Å². The van der Waals surface area contributed by atoms with Gasteiger partial charge in [-0.25, -0.2) is 0 Å². The number of aliphatic carboxylic acids is 1. The minimum absolute atomic E-state index is 0.100. The average molecular weight is 471 g/mol. The van der Waals surface area contributed by atoms with E-state index in [4.69, 9.17) is 9.47 Å². The Morgan fingerprint density at radius 3 is 2.85 bits per heavy atom. The molecule has 0 unspecified atom stereocenters. The van der Waals surface area contributed by atoms with E-state index in [0.29, 0.717) is 39.3 Å². The number of nitrogens with zero attached hydrogens (tertiary/aromatic N) is 1. The van der Waals surface area contributed by atoms with Crippen LogP contribution in [0.2, 0.25) is 0 Å². The fourth-order valence-electron chi connectivity index (χ4n) is 3.28. The highest BCUT2D eigenvalue weighted by molar-refractivity contribution is 7.14. The van der Waals surface area contributed by atoms with Crippen LogP contribution in [0.15, 0.2) is 41.4 Å². The highest BCUT2D eigenvalue weighted by atomic mass is 32.1. The number of ether oxygens (including phenoxy) is 2. The molecule has 0 radical (unpaired) electrons. The smallest absolute Gasteiger partial charge is 0.305 e. The molecule has 0 spiro atoms. The first-order valence-electron chi connectivity index (χ1n) is 10.3. The molecular weight excluding hydrogens is 448 g/mol. The van der Waals surface area contributed by atoms with E-state index in [2.05, 4.69) is 20.9 Å². The van der Waals surface area contributed by atoms with Crippen LogP contribution in [0.25, 0.3) is 6.08 Å². The van der Waals surface area contributed by atoms with Gasteiger partial charge in [0.1, 0.15) is 0 Å². The number of guanidine groups is 1. The third kappa shape index (κ3) is 5.89. The third-order valence-corrected chi connectivity index (χ3v) is 5.92. The predicted octanol–water partition coefficient (Wildman–Crippen LogP) is 1.90. The van der Waals surface area contributed by atoms with Gasteiger partial charge < -0.3 is 25.2 Å². The SMILES string of the molecule is O=C(O)C[C@H](NC(=O)c1ccc(/C=C/C(=O)NC2=NCCCN2)s1)c1ccc2c(c1)OCO2. The lowest BCUT2D eigenvalue weighted by atomic mass is 10.0. The summed E-state index contributed by atoms with van der Waals surface area (Å²) in [5.74, 6) is -0.246. The molecule has 11 heteroatoms. The third-order valence-electron chi connectivity index (χ3n) is 4.87. The van der Waals surface area contributed by atoms with Crippen LogP contribution in [0.1, 0.15) is 39.0 Å². The summed E-state index contributed by atoms with van der Waals surface area (Å²) >= 11 is 1.19. The van der Waals surface area contributed by atoms with Gasteiger partial charge in [0.05, 0.1) is 17.3 Å². The van der Waals surface area contributed by atoms with Crippen molar-refractivity contribution in [2.75, 3.05) is 19.9 Å².